The Morgan fingerprint density at radius 2 is 1.58 bits per heavy atom. The van der Waals surface area contributed by atoms with Crippen molar-refractivity contribution < 1.29 is 27.6 Å². The Kier molecular flexibility index (Phi) is 7.07. The van der Waals surface area contributed by atoms with E-state index in [0.29, 0.717) is 5.69 Å². The average molecular weight is 456 g/mol. The Morgan fingerprint density at radius 1 is 0.879 bits per heavy atom. The quantitative estimate of drug-likeness (QED) is 0.303. The molecular formula is C23H19F3N4O3. The molecule has 0 saturated heterocycles. The molecule has 3 N–H and O–H groups in total. The van der Waals surface area contributed by atoms with Crippen molar-refractivity contribution in [1.29, 1.82) is 0 Å². The minimum absolute atomic E-state index is 0.0267. The third-order valence-corrected chi connectivity index (χ3v) is 4.48. The van der Waals surface area contributed by atoms with Crippen molar-refractivity contribution in [1.82, 2.24) is 5.43 Å². The van der Waals surface area contributed by atoms with Crippen molar-refractivity contribution >= 4 is 45.6 Å². The smallest absolute Gasteiger partial charge is 0.326 e. The van der Waals surface area contributed by atoms with Gasteiger partial charge in [-0.2, -0.15) is 18.3 Å². The van der Waals surface area contributed by atoms with E-state index in [2.05, 4.69) is 21.2 Å². The van der Waals surface area contributed by atoms with Crippen LogP contribution in [0.3, 0.4) is 0 Å². The van der Waals surface area contributed by atoms with E-state index in [1.807, 2.05) is 18.2 Å². The van der Waals surface area contributed by atoms with Crippen LogP contribution in [0, 0.1) is 0 Å². The zero-order valence-corrected chi connectivity index (χ0v) is 17.4. The number of carbonyl (C=O) groups is 3. The first kappa shape index (κ1) is 23.5. The number of nitrogens with one attached hydrogen (secondary N) is 3. The minimum Gasteiger partial charge on any atom is -0.326 e. The number of hydrogen-bond donors (Lipinski definition) is 3. The molecule has 3 aromatic rings. The maximum absolute atomic E-state index is 12.8. The lowest BCUT2D eigenvalue weighted by molar-refractivity contribution is -0.137. The van der Waals surface area contributed by atoms with Gasteiger partial charge in [0.1, 0.15) is 0 Å². The molecular weight excluding hydrogens is 437 g/mol. The van der Waals surface area contributed by atoms with E-state index in [4.69, 9.17) is 0 Å². The van der Waals surface area contributed by atoms with Gasteiger partial charge in [-0.15, -0.1) is 0 Å². The van der Waals surface area contributed by atoms with Gasteiger partial charge < -0.3 is 10.6 Å². The standard InChI is InChI=1S/C23H19F3N4O3/c1-14(12-20(31)27-17-9-5-8-16(13-17)23(24,25)26)29-30-22(33)21(32)28-19-11-4-7-15-6-2-3-10-18(15)19/h2-11,13H,12H2,1H3,(H,27,31)(H,28,32)(H,30,33). The molecule has 0 bridgehead atoms. The SMILES string of the molecule is CC(CC(=O)Nc1cccc(C(F)(F)F)c1)=NNC(=O)C(=O)Nc1cccc2ccccc12. The number of hydrazone groups is 1. The summed E-state index contributed by atoms with van der Waals surface area (Å²) in [4.78, 5) is 36.3. The first-order valence-electron chi connectivity index (χ1n) is 9.73. The highest BCUT2D eigenvalue weighted by atomic mass is 19.4. The van der Waals surface area contributed by atoms with Gasteiger partial charge >= 0.3 is 18.0 Å². The van der Waals surface area contributed by atoms with Crippen LogP contribution in [-0.2, 0) is 20.6 Å². The van der Waals surface area contributed by atoms with Crippen molar-refractivity contribution in [3.8, 4) is 0 Å². The zero-order valence-electron chi connectivity index (χ0n) is 17.4. The van der Waals surface area contributed by atoms with E-state index in [0.717, 1.165) is 22.9 Å². The molecule has 0 heterocycles. The Morgan fingerprint density at radius 3 is 2.33 bits per heavy atom. The van der Waals surface area contributed by atoms with Crippen LogP contribution in [0.25, 0.3) is 10.8 Å². The molecule has 170 valence electrons. The van der Waals surface area contributed by atoms with Gasteiger partial charge in [-0.1, -0.05) is 42.5 Å². The number of alkyl halides is 3. The first-order valence-corrected chi connectivity index (χ1v) is 9.73. The minimum atomic E-state index is -4.53. The van der Waals surface area contributed by atoms with Gasteiger partial charge in [0.15, 0.2) is 0 Å². The summed E-state index contributed by atoms with van der Waals surface area (Å²) in [5.74, 6) is -2.62. The number of amides is 3. The number of carbonyl (C=O) groups excluding carboxylic acids is 3. The van der Waals surface area contributed by atoms with Crippen LogP contribution < -0.4 is 16.1 Å². The summed E-state index contributed by atoms with van der Waals surface area (Å²) >= 11 is 0. The Labute approximate surface area is 186 Å². The highest BCUT2D eigenvalue weighted by Crippen LogP contribution is 2.30. The number of benzene rings is 3. The predicted octanol–water partition coefficient (Wildman–Crippen LogP) is 4.32. The molecule has 0 atom stereocenters. The predicted molar refractivity (Wildman–Crippen MR) is 119 cm³/mol. The van der Waals surface area contributed by atoms with Crippen LogP contribution in [0.2, 0.25) is 0 Å². The van der Waals surface area contributed by atoms with Crippen LogP contribution in [0.5, 0.6) is 0 Å². The van der Waals surface area contributed by atoms with E-state index < -0.39 is 29.5 Å². The second-order valence-corrected chi connectivity index (χ2v) is 7.07. The average Bonchev–Trinajstić information content (AvgIpc) is 2.77. The van der Waals surface area contributed by atoms with E-state index in [9.17, 15) is 27.6 Å². The van der Waals surface area contributed by atoms with E-state index in [1.165, 1.54) is 19.1 Å². The summed E-state index contributed by atoms with van der Waals surface area (Å²) in [6.07, 6.45) is -4.84. The number of anilines is 2. The molecule has 33 heavy (non-hydrogen) atoms. The van der Waals surface area contributed by atoms with Crippen LogP contribution in [0.4, 0.5) is 24.5 Å². The van der Waals surface area contributed by atoms with Gasteiger partial charge in [-0.3, -0.25) is 14.4 Å². The highest BCUT2D eigenvalue weighted by molar-refractivity contribution is 6.40. The van der Waals surface area contributed by atoms with E-state index >= 15 is 0 Å². The monoisotopic (exact) mass is 456 g/mol. The Bertz CT molecular complexity index is 1230. The van der Waals surface area contributed by atoms with Gasteiger partial charge in [0, 0.05) is 22.5 Å². The Balaban J connectivity index is 1.55. The summed E-state index contributed by atoms with van der Waals surface area (Å²) < 4.78 is 38.3. The van der Waals surface area contributed by atoms with Crippen molar-refractivity contribution in [3.63, 3.8) is 0 Å². The van der Waals surface area contributed by atoms with Crippen molar-refractivity contribution in [2.24, 2.45) is 5.10 Å². The molecule has 7 nitrogen and oxygen atoms in total. The topological polar surface area (TPSA) is 99.7 Å². The summed E-state index contributed by atoms with van der Waals surface area (Å²) in [5.41, 5.74) is 1.73. The normalized spacial score (nSPS) is 11.7. The summed E-state index contributed by atoms with van der Waals surface area (Å²) in [5, 5.41) is 10.2. The molecule has 0 fully saturated rings. The molecule has 0 unspecified atom stereocenters. The number of hydrogen-bond acceptors (Lipinski definition) is 4. The first-order chi connectivity index (χ1) is 15.6. The molecule has 3 amide bonds. The molecule has 0 radical (unpaired) electrons. The largest absolute Gasteiger partial charge is 0.416 e. The molecule has 3 aromatic carbocycles. The third kappa shape index (κ3) is 6.39. The molecule has 3 rings (SSSR count). The maximum Gasteiger partial charge on any atom is 0.416 e. The van der Waals surface area contributed by atoms with Crippen LogP contribution in [-0.4, -0.2) is 23.4 Å². The van der Waals surface area contributed by atoms with Gasteiger partial charge in [0.2, 0.25) is 5.91 Å². The fraction of sp³-hybridized carbons (Fsp3) is 0.130. The summed E-state index contributed by atoms with van der Waals surface area (Å²) in [6, 6.07) is 16.8. The summed E-state index contributed by atoms with van der Waals surface area (Å²) in [7, 11) is 0. The molecule has 0 aromatic heterocycles. The highest BCUT2D eigenvalue weighted by Gasteiger charge is 2.30. The second kappa shape index (κ2) is 9.94. The Hall–Kier alpha value is -4.21. The fourth-order valence-electron chi connectivity index (χ4n) is 2.96. The van der Waals surface area contributed by atoms with E-state index in [-0.39, 0.29) is 17.8 Å². The van der Waals surface area contributed by atoms with E-state index in [1.54, 1.807) is 24.3 Å². The van der Waals surface area contributed by atoms with Crippen molar-refractivity contribution in [3.05, 3.63) is 72.3 Å². The molecule has 10 heteroatoms. The maximum atomic E-state index is 12.8. The van der Waals surface area contributed by atoms with Crippen LogP contribution in [0.15, 0.2) is 71.8 Å². The lowest BCUT2D eigenvalue weighted by Crippen LogP contribution is -2.33. The molecule has 0 aliphatic rings. The van der Waals surface area contributed by atoms with Crippen LogP contribution in [0.1, 0.15) is 18.9 Å². The zero-order chi connectivity index (χ0) is 24.0. The lowest BCUT2D eigenvalue weighted by Gasteiger charge is -2.10. The van der Waals surface area contributed by atoms with Gasteiger partial charge in [0.25, 0.3) is 0 Å². The molecule has 0 aliphatic heterocycles. The second-order valence-electron chi connectivity index (χ2n) is 7.07. The van der Waals surface area contributed by atoms with Crippen molar-refractivity contribution in [2.45, 2.75) is 19.5 Å². The number of halogens is 3. The summed E-state index contributed by atoms with van der Waals surface area (Å²) in [6.45, 7) is 1.43. The molecule has 0 saturated carbocycles. The van der Waals surface area contributed by atoms with Gasteiger partial charge in [-0.25, -0.2) is 5.43 Å². The number of rotatable bonds is 5. The third-order valence-electron chi connectivity index (χ3n) is 4.48. The van der Waals surface area contributed by atoms with Gasteiger partial charge in [0.05, 0.1) is 12.0 Å². The van der Waals surface area contributed by atoms with Gasteiger partial charge in [-0.05, 0) is 36.6 Å². The van der Waals surface area contributed by atoms with Crippen LogP contribution >= 0.6 is 0 Å². The number of fused-ring (bicyclic) bond motifs is 1. The fourth-order valence-corrected chi connectivity index (χ4v) is 2.96. The molecule has 0 spiro atoms. The lowest BCUT2D eigenvalue weighted by atomic mass is 10.1. The van der Waals surface area contributed by atoms with Crippen molar-refractivity contribution in [2.75, 3.05) is 10.6 Å². The molecule has 0 aliphatic carbocycles. The number of nitrogens with zero attached hydrogens (tertiary/aromatic N) is 1.